The number of carbonyl (C=O) groups is 1. The van der Waals surface area contributed by atoms with Crippen molar-refractivity contribution in [2.75, 3.05) is 6.61 Å². The zero-order valence-corrected chi connectivity index (χ0v) is 42.3. The van der Waals surface area contributed by atoms with Crippen LogP contribution in [0.25, 0.3) is 0 Å². The number of hydrogen-bond donors (Lipinski definition) is 5. The lowest BCUT2D eigenvalue weighted by Gasteiger charge is -2.27. The number of hydrogen-bond acceptors (Lipinski definition) is 5. The molecule has 6 nitrogen and oxygen atoms in total. The Bertz CT molecular complexity index is 955. The van der Waals surface area contributed by atoms with Gasteiger partial charge in [-0.1, -0.05) is 289 Å². The van der Waals surface area contributed by atoms with Crippen LogP contribution in [-0.2, 0) is 4.79 Å². The predicted molar refractivity (Wildman–Crippen MR) is 274 cm³/mol. The van der Waals surface area contributed by atoms with Crippen molar-refractivity contribution < 1.29 is 25.2 Å². The van der Waals surface area contributed by atoms with E-state index in [4.69, 9.17) is 0 Å². The molecule has 1 amide bonds. The molecular formula is C57H111NO5. The molecule has 0 aliphatic heterocycles. The van der Waals surface area contributed by atoms with Gasteiger partial charge in [0.2, 0.25) is 5.91 Å². The highest BCUT2D eigenvalue weighted by Crippen LogP contribution is 2.18. The fourth-order valence-corrected chi connectivity index (χ4v) is 9.03. The molecule has 0 rings (SSSR count). The topological polar surface area (TPSA) is 110 Å². The van der Waals surface area contributed by atoms with Gasteiger partial charge in [0.05, 0.1) is 18.8 Å². The summed E-state index contributed by atoms with van der Waals surface area (Å²) in [4.78, 5) is 12.6. The summed E-state index contributed by atoms with van der Waals surface area (Å²) in [6, 6.07) is -0.985. The van der Waals surface area contributed by atoms with Crippen LogP contribution in [0.1, 0.15) is 303 Å². The van der Waals surface area contributed by atoms with E-state index in [9.17, 15) is 25.2 Å². The van der Waals surface area contributed by atoms with E-state index < -0.39 is 36.9 Å². The highest BCUT2D eigenvalue weighted by Gasteiger charge is 2.28. The third-order valence-electron chi connectivity index (χ3n) is 13.4. The third-order valence-corrected chi connectivity index (χ3v) is 13.4. The number of nitrogens with one attached hydrogen (secondary N) is 1. The highest BCUT2D eigenvalue weighted by atomic mass is 16.3. The summed E-state index contributed by atoms with van der Waals surface area (Å²) >= 11 is 0. The van der Waals surface area contributed by atoms with Gasteiger partial charge < -0.3 is 25.7 Å². The second-order valence-corrected chi connectivity index (χ2v) is 19.6. The summed E-state index contributed by atoms with van der Waals surface area (Å²) in [5.74, 6) is -0.581. The van der Waals surface area contributed by atoms with Crippen LogP contribution in [0, 0.1) is 0 Å². The Balaban J connectivity index is 3.59. The average molecular weight is 891 g/mol. The molecule has 0 heterocycles. The molecule has 0 aromatic carbocycles. The molecule has 0 saturated heterocycles. The van der Waals surface area contributed by atoms with E-state index in [0.717, 1.165) is 51.4 Å². The van der Waals surface area contributed by atoms with Crippen LogP contribution >= 0.6 is 0 Å². The van der Waals surface area contributed by atoms with Gasteiger partial charge in [0.1, 0.15) is 12.2 Å². The van der Waals surface area contributed by atoms with Gasteiger partial charge in [0, 0.05) is 0 Å². The van der Waals surface area contributed by atoms with E-state index in [1.54, 1.807) is 0 Å². The summed E-state index contributed by atoms with van der Waals surface area (Å²) in [5, 5.41) is 44.0. The van der Waals surface area contributed by atoms with Gasteiger partial charge in [-0.25, -0.2) is 0 Å². The Morgan fingerprint density at radius 2 is 0.730 bits per heavy atom. The molecule has 5 N–H and O–H groups in total. The third kappa shape index (κ3) is 45.7. The predicted octanol–water partition coefficient (Wildman–Crippen LogP) is 16.3. The molecule has 0 aliphatic rings. The molecule has 0 saturated carbocycles. The maximum atomic E-state index is 12.6. The summed E-state index contributed by atoms with van der Waals surface area (Å²) in [6.45, 7) is 3.99. The normalized spacial score (nSPS) is 13.9. The van der Waals surface area contributed by atoms with Crippen LogP contribution in [0.2, 0.25) is 0 Å². The number of amides is 1. The zero-order chi connectivity index (χ0) is 45.9. The van der Waals surface area contributed by atoms with Crippen molar-refractivity contribution in [1.29, 1.82) is 0 Å². The molecule has 63 heavy (non-hydrogen) atoms. The van der Waals surface area contributed by atoms with Gasteiger partial charge in [-0.15, -0.1) is 0 Å². The molecular weight excluding hydrogens is 779 g/mol. The van der Waals surface area contributed by atoms with Crippen LogP contribution < -0.4 is 5.32 Å². The van der Waals surface area contributed by atoms with Gasteiger partial charge in [0.25, 0.3) is 0 Å². The van der Waals surface area contributed by atoms with Crippen molar-refractivity contribution in [3.8, 4) is 0 Å². The molecule has 4 atom stereocenters. The first-order chi connectivity index (χ1) is 31.0. The van der Waals surface area contributed by atoms with Crippen LogP contribution in [0.4, 0.5) is 0 Å². The van der Waals surface area contributed by atoms with Crippen molar-refractivity contribution in [2.24, 2.45) is 0 Å². The van der Waals surface area contributed by atoms with E-state index in [2.05, 4.69) is 43.5 Å². The van der Waals surface area contributed by atoms with Gasteiger partial charge in [-0.05, 0) is 38.5 Å². The Kier molecular flexibility index (Phi) is 50.8. The smallest absolute Gasteiger partial charge is 0.249 e. The van der Waals surface area contributed by atoms with Crippen LogP contribution in [0.3, 0.4) is 0 Å². The minimum absolute atomic E-state index is 0.370. The summed E-state index contributed by atoms with van der Waals surface area (Å²) in [6.07, 6.45) is 62.5. The second-order valence-electron chi connectivity index (χ2n) is 19.6. The van der Waals surface area contributed by atoms with Crippen LogP contribution in [0.15, 0.2) is 24.3 Å². The summed E-state index contributed by atoms with van der Waals surface area (Å²) < 4.78 is 0. The fraction of sp³-hybridized carbons (Fsp3) is 0.912. The average Bonchev–Trinajstić information content (AvgIpc) is 3.29. The lowest BCUT2D eigenvalue weighted by Crippen LogP contribution is -2.53. The Morgan fingerprint density at radius 1 is 0.413 bits per heavy atom. The fourth-order valence-electron chi connectivity index (χ4n) is 9.03. The Hall–Kier alpha value is -1.21. The molecule has 0 bridgehead atoms. The maximum absolute atomic E-state index is 12.6. The molecule has 0 radical (unpaired) electrons. The highest BCUT2D eigenvalue weighted by molar-refractivity contribution is 5.80. The van der Waals surface area contributed by atoms with Gasteiger partial charge in [-0.3, -0.25) is 4.79 Å². The Morgan fingerprint density at radius 3 is 1.08 bits per heavy atom. The summed E-state index contributed by atoms with van der Waals surface area (Å²) in [7, 11) is 0. The second kappa shape index (κ2) is 51.8. The van der Waals surface area contributed by atoms with Crippen molar-refractivity contribution in [3.63, 3.8) is 0 Å². The molecule has 0 fully saturated rings. The molecule has 6 heteroatoms. The van der Waals surface area contributed by atoms with E-state index in [0.29, 0.717) is 12.8 Å². The molecule has 4 unspecified atom stereocenters. The molecule has 374 valence electrons. The maximum Gasteiger partial charge on any atom is 0.249 e. The standard InChI is InChI=1S/C57H111NO5/c1-3-5-7-9-11-13-15-17-19-21-23-25-26-27-28-29-30-31-33-34-36-38-40-42-44-46-48-50-54(60)56(62)53(52-59)58-57(63)55(61)51-49-47-45-43-41-39-37-35-32-24-22-20-18-16-14-12-10-8-6-4-2/h6,8,12,14,53-56,59-62H,3-5,7,9-11,13,15-52H2,1-2H3,(H,58,63)/b8-6-,14-12-. The van der Waals surface area contributed by atoms with Crippen molar-refractivity contribution in [3.05, 3.63) is 24.3 Å². The SMILES string of the molecule is CC/C=C\C/C=C\CCCCCCCCCCCCCCCC(O)C(=O)NC(CO)C(O)C(O)CCCCCCCCCCCCCCCCCCCCCCCCCCCCC. The van der Waals surface area contributed by atoms with Gasteiger partial charge in [0.15, 0.2) is 0 Å². The minimum atomic E-state index is -1.26. The lowest BCUT2D eigenvalue weighted by molar-refractivity contribution is -0.132. The minimum Gasteiger partial charge on any atom is -0.394 e. The quantitative estimate of drug-likeness (QED) is 0.0309. The Labute approximate surface area is 393 Å². The number of unbranched alkanes of at least 4 members (excludes halogenated alkanes) is 39. The summed E-state index contributed by atoms with van der Waals surface area (Å²) in [5.41, 5.74) is 0. The molecule has 0 aliphatic carbocycles. The van der Waals surface area contributed by atoms with Gasteiger partial charge >= 0.3 is 0 Å². The molecule has 0 spiro atoms. The number of rotatable bonds is 52. The van der Waals surface area contributed by atoms with Gasteiger partial charge in [-0.2, -0.15) is 0 Å². The van der Waals surface area contributed by atoms with E-state index in [1.807, 2.05) is 0 Å². The number of aliphatic hydroxyl groups is 4. The first-order valence-electron chi connectivity index (χ1n) is 28.2. The zero-order valence-electron chi connectivity index (χ0n) is 42.3. The number of allylic oxidation sites excluding steroid dienone is 4. The van der Waals surface area contributed by atoms with Crippen LogP contribution in [-0.4, -0.2) is 57.3 Å². The monoisotopic (exact) mass is 890 g/mol. The van der Waals surface area contributed by atoms with E-state index in [-0.39, 0.29) is 0 Å². The van der Waals surface area contributed by atoms with E-state index in [1.165, 1.54) is 225 Å². The van der Waals surface area contributed by atoms with E-state index >= 15 is 0 Å². The van der Waals surface area contributed by atoms with Crippen molar-refractivity contribution in [2.45, 2.75) is 327 Å². The number of aliphatic hydroxyl groups excluding tert-OH is 4. The molecule has 0 aromatic rings. The van der Waals surface area contributed by atoms with Crippen LogP contribution in [0.5, 0.6) is 0 Å². The first-order valence-corrected chi connectivity index (χ1v) is 28.2. The largest absolute Gasteiger partial charge is 0.394 e. The lowest BCUT2D eigenvalue weighted by atomic mass is 9.99. The van der Waals surface area contributed by atoms with Crippen molar-refractivity contribution >= 4 is 5.91 Å². The molecule has 0 aromatic heterocycles. The first kappa shape index (κ1) is 61.8. The number of carbonyl (C=O) groups excluding carboxylic acids is 1. The van der Waals surface area contributed by atoms with Crippen molar-refractivity contribution in [1.82, 2.24) is 5.32 Å².